The molecule has 2 nitrogen and oxygen atoms in total. The molecule has 0 heterocycles. The van der Waals surface area contributed by atoms with E-state index < -0.39 is 0 Å². The summed E-state index contributed by atoms with van der Waals surface area (Å²) in [6.45, 7) is 2.17. The third kappa shape index (κ3) is 3.97. The summed E-state index contributed by atoms with van der Waals surface area (Å²) < 4.78 is 0. The Labute approximate surface area is 120 Å². The molecule has 1 aliphatic rings. The molecule has 0 aliphatic heterocycles. The normalized spacial score (nSPS) is 22.4. The molecule has 0 saturated heterocycles. The summed E-state index contributed by atoms with van der Waals surface area (Å²) in [7, 11) is 0. The van der Waals surface area contributed by atoms with Crippen LogP contribution in [0.25, 0.3) is 0 Å². The van der Waals surface area contributed by atoms with Crippen LogP contribution >= 0.6 is 11.6 Å². The van der Waals surface area contributed by atoms with Crippen LogP contribution < -0.4 is 5.32 Å². The van der Waals surface area contributed by atoms with Gasteiger partial charge < -0.3 is 5.32 Å². The van der Waals surface area contributed by atoms with Gasteiger partial charge in [-0.1, -0.05) is 25.5 Å². The molecule has 1 aromatic rings. The van der Waals surface area contributed by atoms with E-state index in [2.05, 4.69) is 24.4 Å². The van der Waals surface area contributed by atoms with Gasteiger partial charge in [0.15, 0.2) is 0 Å². The van der Waals surface area contributed by atoms with E-state index in [4.69, 9.17) is 11.6 Å². The molecule has 1 amide bonds. The molecular formula is C16H22ClNO. The van der Waals surface area contributed by atoms with Crippen LogP contribution in [0.15, 0.2) is 24.3 Å². The first-order valence-corrected chi connectivity index (χ1v) is 7.70. The predicted molar refractivity (Wildman–Crippen MR) is 80.6 cm³/mol. The molecule has 0 aromatic heterocycles. The van der Waals surface area contributed by atoms with Crippen molar-refractivity contribution in [2.75, 3.05) is 11.2 Å². The van der Waals surface area contributed by atoms with Crippen molar-refractivity contribution in [1.82, 2.24) is 0 Å². The van der Waals surface area contributed by atoms with Crippen LogP contribution in [-0.4, -0.2) is 11.8 Å². The van der Waals surface area contributed by atoms with E-state index in [0.717, 1.165) is 24.9 Å². The average molecular weight is 280 g/mol. The van der Waals surface area contributed by atoms with Crippen molar-refractivity contribution < 1.29 is 4.79 Å². The van der Waals surface area contributed by atoms with Gasteiger partial charge in [-0.25, -0.2) is 0 Å². The minimum atomic E-state index is 0.180. The first-order chi connectivity index (χ1) is 9.20. The average Bonchev–Trinajstić information content (AvgIpc) is 2.83. The van der Waals surface area contributed by atoms with E-state index in [1.54, 1.807) is 0 Å². The van der Waals surface area contributed by atoms with E-state index in [1.165, 1.54) is 18.4 Å². The summed E-state index contributed by atoms with van der Waals surface area (Å²) in [4.78, 5) is 12.2. The Hall–Kier alpha value is -1.02. The highest BCUT2D eigenvalue weighted by Crippen LogP contribution is 2.32. The van der Waals surface area contributed by atoms with Gasteiger partial charge in [0, 0.05) is 17.5 Å². The van der Waals surface area contributed by atoms with Crippen molar-refractivity contribution in [3.05, 3.63) is 29.8 Å². The molecule has 2 rings (SSSR count). The molecule has 1 fully saturated rings. The zero-order valence-corrected chi connectivity index (χ0v) is 12.2. The fourth-order valence-corrected chi connectivity index (χ4v) is 2.98. The number of amides is 1. The minimum Gasteiger partial charge on any atom is -0.326 e. The van der Waals surface area contributed by atoms with Gasteiger partial charge in [-0.05, 0) is 49.3 Å². The molecule has 0 spiro atoms. The lowest BCUT2D eigenvalue weighted by atomic mass is 9.97. The number of benzene rings is 1. The maximum atomic E-state index is 12.2. The van der Waals surface area contributed by atoms with Gasteiger partial charge in [0.1, 0.15) is 0 Å². The lowest BCUT2D eigenvalue weighted by Gasteiger charge is -2.15. The summed E-state index contributed by atoms with van der Waals surface area (Å²) in [6, 6.07) is 8.10. The number of hydrogen-bond acceptors (Lipinski definition) is 1. The molecule has 0 radical (unpaired) electrons. The van der Waals surface area contributed by atoms with Crippen LogP contribution in [0.3, 0.4) is 0 Å². The maximum Gasteiger partial charge on any atom is 0.227 e. The Morgan fingerprint density at radius 3 is 2.95 bits per heavy atom. The summed E-state index contributed by atoms with van der Waals surface area (Å²) in [5.41, 5.74) is 2.15. The highest BCUT2D eigenvalue weighted by Gasteiger charge is 2.29. The summed E-state index contributed by atoms with van der Waals surface area (Å²) in [5.74, 6) is 1.56. The van der Waals surface area contributed by atoms with E-state index in [1.807, 2.05) is 12.1 Å². The Balaban J connectivity index is 1.96. The number of rotatable bonds is 5. The van der Waals surface area contributed by atoms with Gasteiger partial charge in [-0.2, -0.15) is 0 Å². The first kappa shape index (κ1) is 14.4. The Kier molecular flexibility index (Phi) is 5.26. The Bertz CT molecular complexity index is 433. The van der Waals surface area contributed by atoms with Crippen molar-refractivity contribution in [2.24, 2.45) is 11.8 Å². The highest BCUT2D eigenvalue weighted by atomic mass is 35.5. The number of aryl methyl sites for hydroxylation is 1. The monoisotopic (exact) mass is 279 g/mol. The van der Waals surface area contributed by atoms with Gasteiger partial charge in [-0.3, -0.25) is 4.79 Å². The van der Waals surface area contributed by atoms with Crippen LogP contribution in [0.1, 0.15) is 38.2 Å². The molecule has 104 valence electrons. The molecule has 0 bridgehead atoms. The number of carbonyl (C=O) groups is 1. The smallest absolute Gasteiger partial charge is 0.227 e. The van der Waals surface area contributed by atoms with E-state index in [0.29, 0.717) is 11.8 Å². The third-order valence-corrected chi connectivity index (χ3v) is 4.26. The van der Waals surface area contributed by atoms with Crippen molar-refractivity contribution >= 4 is 23.2 Å². The molecule has 19 heavy (non-hydrogen) atoms. The van der Waals surface area contributed by atoms with E-state index in [-0.39, 0.29) is 11.8 Å². The maximum absolute atomic E-state index is 12.2. The zero-order chi connectivity index (χ0) is 13.7. The van der Waals surface area contributed by atoms with Gasteiger partial charge in [-0.15, -0.1) is 11.6 Å². The molecule has 1 aromatic carbocycles. The van der Waals surface area contributed by atoms with Crippen LogP contribution in [-0.2, 0) is 11.2 Å². The quantitative estimate of drug-likeness (QED) is 0.803. The topological polar surface area (TPSA) is 29.1 Å². The van der Waals surface area contributed by atoms with Crippen LogP contribution in [0.4, 0.5) is 5.69 Å². The third-order valence-electron chi connectivity index (χ3n) is 3.99. The van der Waals surface area contributed by atoms with Crippen molar-refractivity contribution in [3.63, 3.8) is 0 Å². The number of halogens is 1. The number of nitrogens with one attached hydrogen (secondary N) is 1. The Morgan fingerprint density at radius 2 is 2.26 bits per heavy atom. The molecule has 1 saturated carbocycles. The highest BCUT2D eigenvalue weighted by molar-refractivity contribution is 6.17. The number of carbonyl (C=O) groups excluding carboxylic acids is 1. The van der Waals surface area contributed by atoms with Gasteiger partial charge >= 0.3 is 0 Å². The second kappa shape index (κ2) is 6.95. The Morgan fingerprint density at radius 1 is 1.42 bits per heavy atom. The first-order valence-electron chi connectivity index (χ1n) is 7.16. The molecule has 1 N–H and O–H groups in total. The van der Waals surface area contributed by atoms with Crippen LogP contribution in [0.2, 0.25) is 0 Å². The fourth-order valence-electron chi connectivity index (χ4n) is 2.85. The van der Waals surface area contributed by atoms with Crippen molar-refractivity contribution in [3.8, 4) is 0 Å². The molecular weight excluding hydrogens is 258 g/mol. The molecule has 1 aliphatic carbocycles. The zero-order valence-electron chi connectivity index (χ0n) is 11.5. The van der Waals surface area contributed by atoms with Gasteiger partial charge in [0.25, 0.3) is 0 Å². The van der Waals surface area contributed by atoms with Crippen molar-refractivity contribution in [1.29, 1.82) is 0 Å². The summed E-state index contributed by atoms with van der Waals surface area (Å²) in [6.07, 6.45) is 5.31. The predicted octanol–water partition coefficient (Wildman–Crippen LogP) is 4.23. The SMILES string of the molecule is CC1CCCC1C(=O)Nc1cccc(CCCCl)c1. The second-order valence-electron chi connectivity index (χ2n) is 5.50. The van der Waals surface area contributed by atoms with E-state index >= 15 is 0 Å². The van der Waals surface area contributed by atoms with Gasteiger partial charge in [0.05, 0.1) is 0 Å². The largest absolute Gasteiger partial charge is 0.326 e. The number of anilines is 1. The molecule has 3 heteroatoms. The molecule has 2 unspecified atom stereocenters. The fraction of sp³-hybridized carbons (Fsp3) is 0.562. The van der Waals surface area contributed by atoms with Crippen LogP contribution in [0, 0.1) is 11.8 Å². The van der Waals surface area contributed by atoms with E-state index in [9.17, 15) is 4.79 Å². The summed E-state index contributed by atoms with van der Waals surface area (Å²) >= 11 is 5.71. The van der Waals surface area contributed by atoms with Gasteiger partial charge in [0.2, 0.25) is 5.91 Å². The number of alkyl halides is 1. The van der Waals surface area contributed by atoms with Crippen LogP contribution in [0.5, 0.6) is 0 Å². The standard InChI is InChI=1S/C16H22ClNO/c1-12-5-2-9-15(12)16(19)18-14-8-3-6-13(11-14)7-4-10-17/h3,6,8,11-12,15H,2,4-5,7,9-10H2,1H3,(H,18,19). The number of hydrogen-bond donors (Lipinski definition) is 1. The molecule has 2 atom stereocenters. The lowest BCUT2D eigenvalue weighted by Crippen LogP contribution is -2.24. The summed E-state index contributed by atoms with van der Waals surface area (Å²) in [5, 5.41) is 3.06. The second-order valence-corrected chi connectivity index (χ2v) is 5.87. The van der Waals surface area contributed by atoms with Crippen molar-refractivity contribution in [2.45, 2.75) is 39.0 Å². The minimum absolute atomic E-state index is 0.180. The lowest BCUT2D eigenvalue weighted by molar-refractivity contribution is -0.120.